The van der Waals surface area contributed by atoms with E-state index in [1.807, 2.05) is 18.4 Å². The summed E-state index contributed by atoms with van der Waals surface area (Å²) in [6.07, 6.45) is 1.88. The molecule has 0 aromatic heterocycles. The summed E-state index contributed by atoms with van der Waals surface area (Å²) in [6.45, 7) is 1.66. The number of thioether (sulfide) groups is 1. The summed E-state index contributed by atoms with van der Waals surface area (Å²) in [4.78, 5) is 14.0. The summed E-state index contributed by atoms with van der Waals surface area (Å²) in [5.74, 6) is 0.846. The van der Waals surface area contributed by atoms with Gasteiger partial charge in [0.25, 0.3) is 0 Å². The summed E-state index contributed by atoms with van der Waals surface area (Å²) >= 11 is 1.48. The number of nitriles is 1. The zero-order valence-electron chi connectivity index (χ0n) is 11.6. The lowest BCUT2D eigenvalue weighted by Crippen LogP contribution is -2.41. The van der Waals surface area contributed by atoms with Gasteiger partial charge >= 0.3 is 0 Å². The highest BCUT2D eigenvalue weighted by molar-refractivity contribution is 7.98. The monoisotopic (exact) mass is 278 g/mol. The largest absolute Gasteiger partial charge is 0.495 e. The Morgan fingerprint density at radius 3 is 2.68 bits per heavy atom. The van der Waals surface area contributed by atoms with Gasteiger partial charge in [0, 0.05) is 12.8 Å². The topological polar surface area (TPSA) is 53.3 Å². The molecule has 0 saturated carbocycles. The first-order valence-electron chi connectivity index (χ1n) is 5.81. The minimum atomic E-state index is -1.03. The molecule has 0 bridgehead atoms. The van der Waals surface area contributed by atoms with Crippen molar-refractivity contribution in [3.05, 3.63) is 24.3 Å². The fourth-order valence-electron chi connectivity index (χ4n) is 1.82. The molecule has 0 fully saturated rings. The average molecular weight is 278 g/mol. The molecule has 0 aliphatic carbocycles. The quantitative estimate of drug-likeness (QED) is 0.830. The van der Waals surface area contributed by atoms with Crippen LogP contribution in [-0.2, 0) is 4.79 Å². The predicted molar refractivity (Wildman–Crippen MR) is 78.5 cm³/mol. The summed E-state index contributed by atoms with van der Waals surface area (Å²) in [7, 11) is 3.22. The third-order valence-corrected chi connectivity index (χ3v) is 3.77. The van der Waals surface area contributed by atoms with E-state index < -0.39 is 5.41 Å². The van der Waals surface area contributed by atoms with E-state index in [9.17, 15) is 10.1 Å². The van der Waals surface area contributed by atoms with E-state index in [2.05, 4.69) is 6.07 Å². The Morgan fingerprint density at radius 1 is 1.53 bits per heavy atom. The van der Waals surface area contributed by atoms with E-state index in [-0.39, 0.29) is 5.91 Å². The number of hydrogen-bond acceptors (Lipinski definition) is 4. The van der Waals surface area contributed by atoms with Crippen molar-refractivity contribution in [3.8, 4) is 11.8 Å². The Hall–Kier alpha value is -1.67. The standard InChI is InChI=1S/C14H18N2O2S/c1-14(9-15,10-19-4)13(17)16(2)11-7-5-6-8-12(11)18-3/h5-8H,10H2,1-4H3. The van der Waals surface area contributed by atoms with Gasteiger partial charge in [0.2, 0.25) is 5.91 Å². The Kier molecular flexibility index (Phi) is 5.25. The van der Waals surface area contributed by atoms with Gasteiger partial charge in [0.05, 0.1) is 18.9 Å². The molecular formula is C14H18N2O2S. The van der Waals surface area contributed by atoms with Gasteiger partial charge < -0.3 is 9.64 Å². The molecule has 5 heteroatoms. The summed E-state index contributed by atoms with van der Waals surface area (Å²) in [5, 5.41) is 9.27. The molecule has 0 heterocycles. The zero-order chi connectivity index (χ0) is 14.5. The number of nitrogens with zero attached hydrogens (tertiary/aromatic N) is 2. The second-order valence-corrected chi connectivity index (χ2v) is 5.28. The van der Waals surface area contributed by atoms with Crippen LogP contribution in [0, 0.1) is 16.7 Å². The van der Waals surface area contributed by atoms with E-state index in [0.29, 0.717) is 17.2 Å². The van der Waals surface area contributed by atoms with Crippen molar-refractivity contribution in [1.29, 1.82) is 5.26 Å². The molecule has 0 aliphatic rings. The molecule has 19 heavy (non-hydrogen) atoms. The van der Waals surface area contributed by atoms with Crippen LogP contribution in [0.15, 0.2) is 24.3 Å². The van der Waals surface area contributed by atoms with E-state index in [0.717, 1.165) is 0 Å². The van der Waals surface area contributed by atoms with Crippen molar-refractivity contribution < 1.29 is 9.53 Å². The molecule has 0 saturated heterocycles. The first kappa shape index (κ1) is 15.4. The number of carbonyl (C=O) groups excluding carboxylic acids is 1. The van der Waals surface area contributed by atoms with Crippen molar-refractivity contribution >= 4 is 23.4 Å². The van der Waals surface area contributed by atoms with Crippen LogP contribution in [0.2, 0.25) is 0 Å². The lowest BCUT2D eigenvalue weighted by atomic mass is 9.93. The first-order chi connectivity index (χ1) is 9.00. The maximum absolute atomic E-state index is 12.5. The number of hydrogen-bond donors (Lipinski definition) is 0. The molecule has 0 spiro atoms. The first-order valence-corrected chi connectivity index (χ1v) is 7.21. The van der Waals surface area contributed by atoms with Crippen LogP contribution in [0.4, 0.5) is 5.69 Å². The van der Waals surface area contributed by atoms with Gasteiger partial charge in [-0.25, -0.2) is 0 Å². The molecule has 1 rings (SSSR count). The van der Waals surface area contributed by atoms with Gasteiger partial charge in [-0.3, -0.25) is 4.79 Å². The van der Waals surface area contributed by atoms with E-state index in [4.69, 9.17) is 4.74 Å². The number of anilines is 1. The predicted octanol–water partition coefficient (Wildman–Crippen LogP) is 2.55. The lowest BCUT2D eigenvalue weighted by Gasteiger charge is -2.27. The van der Waals surface area contributed by atoms with Gasteiger partial charge in [0.15, 0.2) is 0 Å². The maximum atomic E-state index is 12.5. The van der Waals surface area contributed by atoms with Crippen LogP contribution in [0.1, 0.15) is 6.92 Å². The van der Waals surface area contributed by atoms with Gasteiger partial charge in [-0.15, -0.1) is 0 Å². The molecule has 1 aromatic rings. The summed E-state index contributed by atoms with van der Waals surface area (Å²) < 4.78 is 5.24. The number of amides is 1. The third kappa shape index (κ3) is 3.21. The molecule has 0 aliphatic heterocycles. The van der Waals surface area contributed by atoms with Crippen molar-refractivity contribution in [3.63, 3.8) is 0 Å². The fraction of sp³-hybridized carbons (Fsp3) is 0.429. The number of ether oxygens (including phenoxy) is 1. The molecule has 1 aromatic carbocycles. The Morgan fingerprint density at radius 2 is 2.16 bits per heavy atom. The summed E-state index contributed by atoms with van der Waals surface area (Å²) in [6, 6.07) is 9.38. The van der Waals surface area contributed by atoms with Gasteiger partial charge in [-0.2, -0.15) is 17.0 Å². The van der Waals surface area contributed by atoms with Crippen LogP contribution < -0.4 is 9.64 Å². The smallest absolute Gasteiger partial charge is 0.247 e. The molecule has 102 valence electrons. The van der Waals surface area contributed by atoms with Gasteiger partial charge in [0.1, 0.15) is 11.2 Å². The van der Waals surface area contributed by atoms with Crippen LogP contribution in [-0.4, -0.2) is 32.1 Å². The van der Waals surface area contributed by atoms with Crippen molar-refractivity contribution in [2.24, 2.45) is 5.41 Å². The van der Waals surface area contributed by atoms with Crippen molar-refractivity contribution in [1.82, 2.24) is 0 Å². The van der Waals surface area contributed by atoms with Crippen LogP contribution in [0.5, 0.6) is 5.75 Å². The molecule has 1 atom stereocenters. The summed E-state index contributed by atoms with van der Waals surface area (Å²) in [5.41, 5.74) is -0.368. The highest BCUT2D eigenvalue weighted by Gasteiger charge is 2.36. The molecular weight excluding hydrogens is 260 g/mol. The van der Waals surface area contributed by atoms with Crippen LogP contribution in [0.25, 0.3) is 0 Å². The lowest BCUT2D eigenvalue weighted by molar-refractivity contribution is -0.123. The number of benzene rings is 1. The second kappa shape index (κ2) is 6.48. The third-order valence-electron chi connectivity index (χ3n) is 2.90. The zero-order valence-corrected chi connectivity index (χ0v) is 12.5. The highest BCUT2D eigenvalue weighted by atomic mass is 32.2. The average Bonchev–Trinajstić information content (AvgIpc) is 2.45. The van der Waals surface area contributed by atoms with Crippen molar-refractivity contribution in [2.45, 2.75) is 6.92 Å². The van der Waals surface area contributed by atoms with Crippen LogP contribution >= 0.6 is 11.8 Å². The van der Waals surface area contributed by atoms with E-state index in [1.165, 1.54) is 16.7 Å². The Balaban J connectivity index is 3.09. The normalized spacial score (nSPS) is 13.2. The van der Waals surface area contributed by atoms with Crippen molar-refractivity contribution in [2.75, 3.05) is 31.1 Å². The van der Waals surface area contributed by atoms with Crippen LogP contribution in [0.3, 0.4) is 0 Å². The molecule has 4 nitrogen and oxygen atoms in total. The number of carbonyl (C=O) groups is 1. The minimum Gasteiger partial charge on any atom is -0.495 e. The minimum absolute atomic E-state index is 0.228. The fourth-order valence-corrected chi connectivity index (χ4v) is 2.58. The maximum Gasteiger partial charge on any atom is 0.247 e. The number of methoxy groups -OCH3 is 1. The number of rotatable bonds is 5. The molecule has 1 unspecified atom stereocenters. The van der Waals surface area contributed by atoms with E-state index in [1.54, 1.807) is 33.2 Å². The van der Waals surface area contributed by atoms with Gasteiger partial charge in [-0.1, -0.05) is 12.1 Å². The van der Waals surface area contributed by atoms with E-state index >= 15 is 0 Å². The Labute approximate surface area is 118 Å². The molecule has 1 amide bonds. The molecule has 0 N–H and O–H groups in total. The Bertz CT molecular complexity index is 498. The second-order valence-electron chi connectivity index (χ2n) is 4.41. The highest BCUT2D eigenvalue weighted by Crippen LogP contribution is 2.31. The molecule has 0 radical (unpaired) electrons. The number of para-hydroxylation sites is 2. The van der Waals surface area contributed by atoms with Gasteiger partial charge in [-0.05, 0) is 25.3 Å². The SMILES string of the molecule is COc1ccccc1N(C)C(=O)C(C)(C#N)CSC.